The Bertz CT molecular complexity index is 511. The van der Waals surface area contributed by atoms with Gasteiger partial charge >= 0.3 is 0 Å². The summed E-state index contributed by atoms with van der Waals surface area (Å²) in [7, 11) is 0. The van der Waals surface area contributed by atoms with Gasteiger partial charge in [0.05, 0.1) is 12.3 Å². The van der Waals surface area contributed by atoms with Crippen LogP contribution in [0, 0.1) is 0 Å². The normalized spacial score (nSPS) is 12.1. The highest BCUT2D eigenvalue weighted by Gasteiger charge is 2.06. The Balaban J connectivity index is 2.00. The predicted octanol–water partition coefficient (Wildman–Crippen LogP) is 3.77. The maximum atomic E-state index is 5.86. The van der Waals surface area contributed by atoms with Gasteiger partial charge in [0.25, 0.3) is 0 Å². The zero-order valence-corrected chi connectivity index (χ0v) is 12.2. The number of rotatable bonds is 6. The summed E-state index contributed by atoms with van der Waals surface area (Å²) in [5.41, 5.74) is 8.95. The summed E-state index contributed by atoms with van der Waals surface area (Å²) in [5, 5.41) is 7.77. The first kappa shape index (κ1) is 13.7. The van der Waals surface area contributed by atoms with Crippen molar-refractivity contribution in [1.82, 2.24) is 0 Å². The first-order valence-corrected chi connectivity index (χ1v) is 7.43. The van der Waals surface area contributed by atoms with E-state index in [9.17, 15) is 0 Å². The topological polar surface area (TPSA) is 47.3 Å². The van der Waals surface area contributed by atoms with E-state index in [2.05, 4.69) is 29.1 Å². The standard InChI is InChI=1S/C15H20N2OS/c1-3-18-15-9-13(4-5-14(15)16)17-11(2)8-12-6-7-19-10-12/h4-7,9-11,17H,3,8,16H2,1-2H3. The molecule has 3 N–H and O–H groups in total. The maximum absolute atomic E-state index is 5.86. The number of benzene rings is 1. The van der Waals surface area contributed by atoms with Gasteiger partial charge < -0.3 is 15.8 Å². The molecule has 0 aliphatic rings. The molecule has 2 rings (SSSR count). The summed E-state index contributed by atoms with van der Waals surface area (Å²) in [6.45, 7) is 4.76. The third kappa shape index (κ3) is 3.89. The number of nitrogen functional groups attached to an aromatic ring is 1. The van der Waals surface area contributed by atoms with E-state index in [0.717, 1.165) is 17.9 Å². The van der Waals surface area contributed by atoms with Gasteiger partial charge in [-0.25, -0.2) is 0 Å². The molecule has 0 spiro atoms. The Morgan fingerprint density at radius 1 is 1.37 bits per heavy atom. The lowest BCUT2D eigenvalue weighted by atomic mass is 10.1. The van der Waals surface area contributed by atoms with Crippen molar-refractivity contribution in [2.24, 2.45) is 0 Å². The van der Waals surface area contributed by atoms with Gasteiger partial charge in [0, 0.05) is 17.8 Å². The van der Waals surface area contributed by atoms with Crippen LogP contribution in [0.4, 0.5) is 11.4 Å². The van der Waals surface area contributed by atoms with Crippen molar-refractivity contribution in [3.63, 3.8) is 0 Å². The minimum atomic E-state index is 0.368. The summed E-state index contributed by atoms with van der Waals surface area (Å²) in [6.07, 6.45) is 1.01. The number of ether oxygens (including phenoxy) is 1. The van der Waals surface area contributed by atoms with Crippen LogP contribution in [0.3, 0.4) is 0 Å². The fourth-order valence-electron chi connectivity index (χ4n) is 2.00. The number of hydrogen-bond donors (Lipinski definition) is 2. The molecule has 4 heteroatoms. The summed E-state index contributed by atoms with van der Waals surface area (Å²) in [5.74, 6) is 0.746. The second-order valence-electron chi connectivity index (χ2n) is 4.57. The Morgan fingerprint density at radius 2 is 2.21 bits per heavy atom. The van der Waals surface area contributed by atoms with Crippen LogP contribution in [0.15, 0.2) is 35.0 Å². The lowest BCUT2D eigenvalue weighted by Gasteiger charge is -2.16. The Morgan fingerprint density at radius 3 is 2.89 bits per heavy atom. The van der Waals surface area contributed by atoms with Gasteiger partial charge in [0.1, 0.15) is 5.75 Å². The van der Waals surface area contributed by atoms with Crippen molar-refractivity contribution >= 4 is 22.7 Å². The van der Waals surface area contributed by atoms with E-state index in [-0.39, 0.29) is 0 Å². The van der Waals surface area contributed by atoms with Gasteiger partial charge in [0.2, 0.25) is 0 Å². The largest absolute Gasteiger partial charge is 0.492 e. The molecule has 0 radical (unpaired) electrons. The van der Waals surface area contributed by atoms with Gasteiger partial charge in [-0.1, -0.05) is 0 Å². The van der Waals surface area contributed by atoms with Gasteiger partial charge in [-0.2, -0.15) is 11.3 Å². The van der Waals surface area contributed by atoms with Gasteiger partial charge in [-0.3, -0.25) is 0 Å². The van der Waals surface area contributed by atoms with Gasteiger partial charge in [0.15, 0.2) is 0 Å². The van der Waals surface area contributed by atoms with Gasteiger partial charge in [-0.15, -0.1) is 0 Å². The van der Waals surface area contributed by atoms with Crippen LogP contribution in [-0.4, -0.2) is 12.6 Å². The SMILES string of the molecule is CCOc1cc(NC(C)Cc2ccsc2)ccc1N. The minimum Gasteiger partial charge on any atom is -0.492 e. The number of thiophene rings is 1. The van der Waals surface area contributed by atoms with Crippen LogP contribution in [-0.2, 0) is 6.42 Å². The Labute approximate surface area is 118 Å². The average Bonchev–Trinajstić information content (AvgIpc) is 2.86. The van der Waals surface area contributed by atoms with Crippen molar-refractivity contribution < 1.29 is 4.74 Å². The van der Waals surface area contributed by atoms with E-state index >= 15 is 0 Å². The van der Waals surface area contributed by atoms with E-state index < -0.39 is 0 Å². The smallest absolute Gasteiger partial charge is 0.144 e. The zero-order valence-electron chi connectivity index (χ0n) is 11.3. The first-order valence-electron chi connectivity index (χ1n) is 6.49. The van der Waals surface area contributed by atoms with Crippen LogP contribution in [0.1, 0.15) is 19.4 Å². The molecule has 0 aliphatic carbocycles. The predicted molar refractivity (Wildman–Crippen MR) is 83.1 cm³/mol. The molecule has 0 saturated carbocycles. The first-order chi connectivity index (χ1) is 9.19. The van der Waals surface area contributed by atoms with Crippen molar-refractivity contribution in [2.45, 2.75) is 26.3 Å². The van der Waals surface area contributed by atoms with E-state index in [1.165, 1.54) is 5.56 Å². The molecule has 0 amide bonds. The van der Waals surface area contributed by atoms with E-state index in [1.807, 2.05) is 25.1 Å². The summed E-state index contributed by atoms with van der Waals surface area (Å²) < 4.78 is 5.50. The molecule has 1 atom stereocenters. The number of nitrogens with two attached hydrogens (primary N) is 1. The van der Waals surface area contributed by atoms with Crippen LogP contribution >= 0.6 is 11.3 Å². The molecule has 0 saturated heterocycles. The molecule has 102 valence electrons. The number of hydrogen-bond acceptors (Lipinski definition) is 4. The molecule has 2 aromatic rings. The molecule has 1 unspecified atom stereocenters. The molecule has 1 heterocycles. The highest BCUT2D eigenvalue weighted by molar-refractivity contribution is 7.07. The summed E-state index contributed by atoms with van der Waals surface area (Å²) in [6, 6.07) is 8.36. The van der Waals surface area contributed by atoms with Crippen LogP contribution in [0.25, 0.3) is 0 Å². The fraction of sp³-hybridized carbons (Fsp3) is 0.333. The van der Waals surface area contributed by atoms with E-state index in [4.69, 9.17) is 10.5 Å². The van der Waals surface area contributed by atoms with Crippen molar-refractivity contribution in [3.05, 3.63) is 40.6 Å². The number of anilines is 2. The van der Waals surface area contributed by atoms with Crippen LogP contribution in [0.2, 0.25) is 0 Å². The maximum Gasteiger partial charge on any atom is 0.144 e. The summed E-state index contributed by atoms with van der Waals surface area (Å²) >= 11 is 1.73. The van der Waals surface area contributed by atoms with E-state index in [0.29, 0.717) is 18.3 Å². The highest BCUT2D eigenvalue weighted by atomic mass is 32.1. The molecule has 0 bridgehead atoms. The third-order valence-corrected chi connectivity index (χ3v) is 3.58. The van der Waals surface area contributed by atoms with Crippen molar-refractivity contribution in [2.75, 3.05) is 17.7 Å². The van der Waals surface area contributed by atoms with Crippen molar-refractivity contribution in [3.8, 4) is 5.75 Å². The summed E-state index contributed by atoms with van der Waals surface area (Å²) in [4.78, 5) is 0. The van der Waals surface area contributed by atoms with E-state index in [1.54, 1.807) is 11.3 Å². The molecular weight excluding hydrogens is 256 g/mol. The second-order valence-corrected chi connectivity index (χ2v) is 5.35. The highest BCUT2D eigenvalue weighted by Crippen LogP contribution is 2.26. The fourth-order valence-corrected chi connectivity index (χ4v) is 2.68. The molecular formula is C15H20N2OS. The third-order valence-electron chi connectivity index (χ3n) is 2.85. The Hall–Kier alpha value is -1.68. The lowest BCUT2D eigenvalue weighted by molar-refractivity contribution is 0.342. The monoisotopic (exact) mass is 276 g/mol. The second kappa shape index (κ2) is 6.48. The minimum absolute atomic E-state index is 0.368. The van der Waals surface area contributed by atoms with Crippen LogP contribution in [0.5, 0.6) is 5.75 Å². The zero-order chi connectivity index (χ0) is 13.7. The molecule has 1 aromatic carbocycles. The molecule has 1 aromatic heterocycles. The van der Waals surface area contributed by atoms with Crippen LogP contribution < -0.4 is 15.8 Å². The molecule has 19 heavy (non-hydrogen) atoms. The van der Waals surface area contributed by atoms with Gasteiger partial charge in [-0.05, 0) is 54.8 Å². The average molecular weight is 276 g/mol. The molecule has 3 nitrogen and oxygen atoms in total. The Kier molecular flexibility index (Phi) is 4.68. The quantitative estimate of drug-likeness (QED) is 0.789. The van der Waals surface area contributed by atoms with Crippen molar-refractivity contribution in [1.29, 1.82) is 0 Å². The number of nitrogens with one attached hydrogen (secondary N) is 1. The lowest BCUT2D eigenvalue weighted by Crippen LogP contribution is -2.17. The molecule has 0 aliphatic heterocycles. The molecule has 0 fully saturated rings.